The van der Waals surface area contributed by atoms with Gasteiger partial charge in [0, 0.05) is 12.6 Å². The topological polar surface area (TPSA) is 67.5 Å². The fraction of sp³-hybridized carbons (Fsp3) is 0.462. The predicted octanol–water partition coefficient (Wildman–Crippen LogP) is 2.11. The Morgan fingerprint density at radius 2 is 2.42 bits per heavy atom. The Labute approximate surface area is 115 Å². The van der Waals surface area contributed by atoms with Gasteiger partial charge in [-0.3, -0.25) is 0 Å². The molecule has 2 aromatic rings. The van der Waals surface area contributed by atoms with Crippen LogP contribution in [0.3, 0.4) is 0 Å². The molecule has 1 unspecified atom stereocenters. The fourth-order valence-corrected chi connectivity index (χ4v) is 3.52. The van der Waals surface area contributed by atoms with Crippen molar-refractivity contribution < 1.29 is 9.90 Å². The van der Waals surface area contributed by atoms with Crippen molar-refractivity contribution in [3.8, 4) is 0 Å². The Hall–Kier alpha value is -1.56. The van der Waals surface area contributed by atoms with Gasteiger partial charge in [-0.05, 0) is 42.4 Å². The van der Waals surface area contributed by atoms with Crippen LogP contribution >= 0.6 is 11.8 Å². The molecule has 1 aliphatic heterocycles. The Kier molecular flexibility index (Phi) is 3.42. The number of aromatic carboxylic acids is 1. The number of hydrogen-bond acceptors (Lipinski definition) is 4. The first-order valence-corrected chi connectivity index (χ1v) is 7.54. The second kappa shape index (κ2) is 5.21. The number of nitrogens with zero attached hydrogens (tertiary/aromatic N) is 3. The minimum atomic E-state index is -0.942. The third-order valence-corrected chi connectivity index (χ3v) is 4.63. The summed E-state index contributed by atoms with van der Waals surface area (Å²) in [5.41, 5.74) is 0.945. The molecule has 3 heterocycles. The third-order valence-electron chi connectivity index (χ3n) is 3.35. The van der Waals surface area contributed by atoms with Crippen LogP contribution in [0.2, 0.25) is 0 Å². The molecule has 5 nitrogen and oxygen atoms in total. The molecule has 6 heteroatoms. The summed E-state index contributed by atoms with van der Waals surface area (Å²) in [6.07, 6.45) is 4.91. The summed E-state index contributed by atoms with van der Waals surface area (Å²) in [5, 5.41) is 13.3. The van der Waals surface area contributed by atoms with E-state index in [1.165, 1.54) is 30.5 Å². The number of hydrogen-bond donors (Lipinski definition) is 1. The lowest BCUT2D eigenvalue weighted by atomic mass is 10.0. The highest BCUT2D eigenvalue weighted by Gasteiger charge is 2.17. The number of thioether (sulfide) groups is 1. The molecule has 19 heavy (non-hydrogen) atoms. The SMILES string of the molecule is O=C(O)c1ccc2nc(CC3CCCSC3)nn2c1. The number of pyridine rings is 1. The van der Waals surface area contributed by atoms with E-state index < -0.39 is 5.97 Å². The zero-order valence-electron chi connectivity index (χ0n) is 10.5. The van der Waals surface area contributed by atoms with Crippen molar-refractivity contribution >= 4 is 23.4 Å². The van der Waals surface area contributed by atoms with E-state index in [0.717, 1.165) is 12.2 Å². The number of carbonyl (C=O) groups is 1. The average molecular weight is 277 g/mol. The summed E-state index contributed by atoms with van der Waals surface area (Å²) in [6, 6.07) is 3.27. The van der Waals surface area contributed by atoms with Gasteiger partial charge >= 0.3 is 5.97 Å². The van der Waals surface area contributed by atoms with E-state index in [4.69, 9.17) is 5.11 Å². The van der Waals surface area contributed by atoms with Gasteiger partial charge in [0.25, 0.3) is 0 Å². The molecule has 1 saturated heterocycles. The highest BCUT2D eigenvalue weighted by molar-refractivity contribution is 7.99. The minimum Gasteiger partial charge on any atom is -0.478 e. The molecule has 0 aliphatic carbocycles. The second-order valence-electron chi connectivity index (χ2n) is 4.84. The van der Waals surface area contributed by atoms with E-state index in [-0.39, 0.29) is 5.56 Å². The average Bonchev–Trinajstić information content (AvgIpc) is 2.80. The van der Waals surface area contributed by atoms with E-state index in [1.54, 1.807) is 16.6 Å². The monoisotopic (exact) mass is 277 g/mol. The van der Waals surface area contributed by atoms with Crippen molar-refractivity contribution in [2.75, 3.05) is 11.5 Å². The first-order chi connectivity index (χ1) is 9.22. The molecule has 0 aromatic carbocycles. The maximum Gasteiger partial charge on any atom is 0.337 e. The van der Waals surface area contributed by atoms with Gasteiger partial charge in [0.15, 0.2) is 11.5 Å². The molecule has 2 aromatic heterocycles. The summed E-state index contributed by atoms with van der Waals surface area (Å²) in [6.45, 7) is 0. The Morgan fingerprint density at radius 3 is 3.16 bits per heavy atom. The number of fused-ring (bicyclic) bond motifs is 1. The molecule has 1 aliphatic rings. The number of carboxylic acids is 1. The molecule has 1 N–H and O–H groups in total. The first kappa shape index (κ1) is 12.5. The minimum absolute atomic E-state index is 0.233. The van der Waals surface area contributed by atoms with Gasteiger partial charge in [0.05, 0.1) is 5.56 Å². The molecule has 0 saturated carbocycles. The van der Waals surface area contributed by atoms with Crippen molar-refractivity contribution in [3.63, 3.8) is 0 Å². The molecule has 0 spiro atoms. The lowest BCUT2D eigenvalue weighted by Crippen LogP contribution is -2.14. The molecular weight excluding hydrogens is 262 g/mol. The zero-order chi connectivity index (χ0) is 13.2. The quantitative estimate of drug-likeness (QED) is 0.930. The van der Waals surface area contributed by atoms with Crippen LogP contribution in [-0.2, 0) is 6.42 Å². The fourth-order valence-electron chi connectivity index (χ4n) is 2.37. The van der Waals surface area contributed by atoms with E-state index >= 15 is 0 Å². The van der Waals surface area contributed by atoms with Crippen LogP contribution in [0.4, 0.5) is 0 Å². The van der Waals surface area contributed by atoms with Gasteiger partial charge in [-0.2, -0.15) is 16.9 Å². The number of rotatable bonds is 3. The summed E-state index contributed by atoms with van der Waals surface area (Å²) < 4.78 is 1.56. The molecule has 100 valence electrons. The summed E-state index contributed by atoms with van der Waals surface area (Å²) in [7, 11) is 0. The second-order valence-corrected chi connectivity index (χ2v) is 5.99. The van der Waals surface area contributed by atoms with Crippen molar-refractivity contribution in [2.24, 2.45) is 5.92 Å². The molecule has 1 fully saturated rings. The molecule has 0 amide bonds. The van der Waals surface area contributed by atoms with Crippen LogP contribution < -0.4 is 0 Å². The summed E-state index contributed by atoms with van der Waals surface area (Å²) in [5.74, 6) is 2.96. The zero-order valence-corrected chi connectivity index (χ0v) is 11.3. The number of aromatic nitrogens is 3. The molecular formula is C13H15N3O2S. The Bertz CT molecular complexity index is 605. The van der Waals surface area contributed by atoms with Crippen LogP contribution in [0.1, 0.15) is 29.0 Å². The van der Waals surface area contributed by atoms with E-state index in [0.29, 0.717) is 11.6 Å². The maximum atomic E-state index is 10.9. The predicted molar refractivity (Wildman–Crippen MR) is 73.7 cm³/mol. The van der Waals surface area contributed by atoms with Crippen LogP contribution in [-0.4, -0.2) is 37.2 Å². The van der Waals surface area contributed by atoms with Crippen molar-refractivity contribution in [1.29, 1.82) is 0 Å². The lowest BCUT2D eigenvalue weighted by molar-refractivity contribution is 0.0696. The van der Waals surface area contributed by atoms with Crippen molar-refractivity contribution in [2.45, 2.75) is 19.3 Å². The normalized spacial score (nSPS) is 19.7. The van der Waals surface area contributed by atoms with Crippen LogP contribution in [0.25, 0.3) is 5.65 Å². The summed E-state index contributed by atoms with van der Waals surface area (Å²) >= 11 is 2.00. The van der Waals surface area contributed by atoms with Gasteiger partial charge in [-0.15, -0.1) is 0 Å². The third kappa shape index (κ3) is 2.73. The van der Waals surface area contributed by atoms with Crippen molar-refractivity contribution in [3.05, 3.63) is 29.7 Å². The Morgan fingerprint density at radius 1 is 1.53 bits per heavy atom. The van der Waals surface area contributed by atoms with E-state index in [9.17, 15) is 4.79 Å². The van der Waals surface area contributed by atoms with Crippen molar-refractivity contribution in [1.82, 2.24) is 14.6 Å². The van der Waals surface area contributed by atoms with Gasteiger partial charge in [0.2, 0.25) is 0 Å². The molecule has 1 atom stereocenters. The first-order valence-electron chi connectivity index (χ1n) is 6.39. The lowest BCUT2D eigenvalue weighted by Gasteiger charge is -2.19. The van der Waals surface area contributed by atoms with Crippen LogP contribution in [0.5, 0.6) is 0 Å². The van der Waals surface area contributed by atoms with Gasteiger partial charge in [-0.25, -0.2) is 14.3 Å². The summed E-state index contributed by atoms with van der Waals surface area (Å²) in [4.78, 5) is 15.4. The highest BCUT2D eigenvalue weighted by Crippen LogP contribution is 2.24. The Balaban J connectivity index is 1.82. The van der Waals surface area contributed by atoms with Gasteiger partial charge in [-0.1, -0.05) is 0 Å². The molecule has 0 radical (unpaired) electrons. The van der Waals surface area contributed by atoms with Crippen LogP contribution in [0, 0.1) is 5.92 Å². The highest BCUT2D eigenvalue weighted by atomic mass is 32.2. The smallest absolute Gasteiger partial charge is 0.337 e. The number of carboxylic acid groups (broad SMARTS) is 1. The van der Waals surface area contributed by atoms with Crippen LogP contribution in [0.15, 0.2) is 18.3 Å². The van der Waals surface area contributed by atoms with E-state index in [2.05, 4.69) is 10.1 Å². The molecule has 3 rings (SSSR count). The maximum absolute atomic E-state index is 10.9. The van der Waals surface area contributed by atoms with Gasteiger partial charge in [0.1, 0.15) is 0 Å². The largest absolute Gasteiger partial charge is 0.478 e. The van der Waals surface area contributed by atoms with Gasteiger partial charge < -0.3 is 5.11 Å². The standard InChI is InChI=1S/C13H15N3O2S/c17-13(18)10-3-4-12-14-11(15-16(12)7-10)6-9-2-1-5-19-8-9/h3-4,7,9H,1-2,5-6,8H2,(H,17,18). The van der Waals surface area contributed by atoms with E-state index in [1.807, 2.05) is 11.8 Å². The molecule has 0 bridgehead atoms.